The Balaban J connectivity index is 1.60. The molecule has 3 aliphatic rings. The summed E-state index contributed by atoms with van der Waals surface area (Å²) in [5, 5.41) is 3.31. The quantitative estimate of drug-likeness (QED) is 0.601. The van der Waals surface area contributed by atoms with E-state index in [1.54, 1.807) is 6.20 Å². The predicted molar refractivity (Wildman–Crippen MR) is 121 cm³/mol. The lowest BCUT2D eigenvalue weighted by Gasteiger charge is -2.25. The summed E-state index contributed by atoms with van der Waals surface area (Å²) in [6, 6.07) is 0. The van der Waals surface area contributed by atoms with Gasteiger partial charge in [-0.2, -0.15) is 0 Å². The number of hydrogen-bond acceptors (Lipinski definition) is 3. The average Bonchev–Trinajstić information content (AvgIpc) is 3.14. The number of nitrogens with one attached hydrogen (secondary N) is 1. The molecule has 0 unspecified atom stereocenters. The van der Waals surface area contributed by atoms with Crippen LogP contribution in [0.4, 0.5) is 5.69 Å². The molecule has 4 rings (SSSR count). The fraction of sp³-hybridized carbons (Fsp3) is 0.731. The summed E-state index contributed by atoms with van der Waals surface area (Å²) in [4.78, 5) is 30.1. The fourth-order valence-corrected chi connectivity index (χ4v) is 5.86. The molecule has 2 saturated carbocycles. The van der Waals surface area contributed by atoms with Gasteiger partial charge in [0.15, 0.2) is 5.78 Å². The molecule has 164 valence electrons. The second-order valence-electron chi connectivity index (χ2n) is 9.76. The van der Waals surface area contributed by atoms with Crippen LogP contribution in [0.25, 0.3) is 0 Å². The second-order valence-corrected chi connectivity index (χ2v) is 9.76. The zero-order valence-corrected chi connectivity index (χ0v) is 18.5. The second kappa shape index (κ2) is 10.5. The van der Waals surface area contributed by atoms with Gasteiger partial charge in [0.1, 0.15) is 5.69 Å². The zero-order chi connectivity index (χ0) is 20.8. The van der Waals surface area contributed by atoms with Crippen LogP contribution in [0.5, 0.6) is 0 Å². The number of hydrogen-bond donors (Lipinski definition) is 1. The third-order valence-electron chi connectivity index (χ3n) is 7.59. The first-order chi connectivity index (χ1) is 14.7. The lowest BCUT2D eigenvalue weighted by atomic mass is 9.85. The highest BCUT2D eigenvalue weighted by atomic mass is 16.2. The molecule has 4 heteroatoms. The van der Waals surface area contributed by atoms with Crippen molar-refractivity contribution in [3.8, 4) is 0 Å². The van der Waals surface area contributed by atoms with E-state index in [9.17, 15) is 9.59 Å². The van der Waals surface area contributed by atoms with E-state index < -0.39 is 0 Å². The van der Waals surface area contributed by atoms with Crippen LogP contribution in [0.2, 0.25) is 0 Å². The number of carbonyl (C=O) groups excluding carboxylic acids is 2. The molecule has 30 heavy (non-hydrogen) atoms. The maximum absolute atomic E-state index is 13.2. The van der Waals surface area contributed by atoms with Crippen LogP contribution < -0.4 is 5.32 Å². The minimum atomic E-state index is 0.119. The van der Waals surface area contributed by atoms with E-state index in [0.29, 0.717) is 18.0 Å². The molecule has 0 atom stereocenters. The van der Waals surface area contributed by atoms with Crippen molar-refractivity contribution >= 4 is 17.4 Å². The Morgan fingerprint density at radius 1 is 0.800 bits per heavy atom. The Labute approximate surface area is 181 Å². The standard InChI is InChI=1S/C26H38N2O2/c29-23-17-16-21-24(19-12-8-4-1-2-5-9-13-19)22(18-27-25(21)23)28-26(30)20-14-10-6-3-7-11-15-20/h18-20H,1-17H2,(H,28,30). The molecule has 3 aliphatic carbocycles. The first kappa shape index (κ1) is 21.5. The highest BCUT2D eigenvalue weighted by Gasteiger charge is 2.30. The number of carbonyl (C=O) groups is 2. The minimum absolute atomic E-state index is 0.119. The molecule has 1 amide bonds. The van der Waals surface area contributed by atoms with Crippen LogP contribution in [0.1, 0.15) is 130 Å². The highest BCUT2D eigenvalue weighted by Crippen LogP contribution is 2.40. The first-order valence-corrected chi connectivity index (χ1v) is 12.6. The number of ketones is 1. The molecule has 0 radical (unpaired) electrons. The van der Waals surface area contributed by atoms with Gasteiger partial charge in [0.05, 0.1) is 11.9 Å². The van der Waals surface area contributed by atoms with Crippen LogP contribution in [0.15, 0.2) is 6.20 Å². The third kappa shape index (κ3) is 5.12. The van der Waals surface area contributed by atoms with Gasteiger partial charge in [-0.15, -0.1) is 0 Å². The van der Waals surface area contributed by atoms with Crippen molar-refractivity contribution in [3.05, 3.63) is 23.0 Å². The SMILES string of the molecule is O=C1CCc2c1ncc(NC(=O)C1CCCCCCC1)c2C1CCCCCCCC1. The van der Waals surface area contributed by atoms with E-state index in [2.05, 4.69) is 10.3 Å². The summed E-state index contributed by atoms with van der Waals surface area (Å²) < 4.78 is 0. The summed E-state index contributed by atoms with van der Waals surface area (Å²) in [5.74, 6) is 0.909. The fourth-order valence-electron chi connectivity index (χ4n) is 5.86. The number of Topliss-reactive ketones (excluding diaryl/α,β-unsaturated/α-hetero) is 1. The molecule has 1 aromatic heterocycles. The van der Waals surface area contributed by atoms with Gasteiger partial charge in [0, 0.05) is 12.3 Å². The van der Waals surface area contributed by atoms with E-state index in [4.69, 9.17) is 0 Å². The summed E-state index contributed by atoms with van der Waals surface area (Å²) in [6.45, 7) is 0. The van der Waals surface area contributed by atoms with Gasteiger partial charge in [-0.3, -0.25) is 14.6 Å². The van der Waals surface area contributed by atoms with Crippen LogP contribution in [0, 0.1) is 5.92 Å². The Kier molecular flexibility index (Phi) is 7.57. The van der Waals surface area contributed by atoms with Gasteiger partial charge >= 0.3 is 0 Å². The number of fused-ring (bicyclic) bond motifs is 1. The molecule has 1 N–H and O–H groups in total. The Bertz CT molecular complexity index is 740. The van der Waals surface area contributed by atoms with Gasteiger partial charge in [-0.05, 0) is 49.1 Å². The van der Waals surface area contributed by atoms with E-state index in [-0.39, 0.29) is 17.6 Å². The lowest BCUT2D eigenvalue weighted by Crippen LogP contribution is -2.25. The normalized spacial score (nSPS) is 22.3. The monoisotopic (exact) mass is 410 g/mol. The average molecular weight is 411 g/mol. The van der Waals surface area contributed by atoms with E-state index in [1.165, 1.54) is 63.4 Å². The van der Waals surface area contributed by atoms with E-state index in [0.717, 1.165) is 56.2 Å². The van der Waals surface area contributed by atoms with Gasteiger partial charge in [0.2, 0.25) is 5.91 Å². The molecular weight excluding hydrogens is 372 g/mol. The van der Waals surface area contributed by atoms with Gasteiger partial charge in [0.25, 0.3) is 0 Å². The van der Waals surface area contributed by atoms with Crippen molar-refractivity contribution in [1.29, 1.82) is 0 Å². The number of rotatable bonds is 3. The van der Waals surface area contributed by atoms with Crippen molar-refractivity contribution in [1.82, 2.24) is 4.98 Å². The van der Waals surface area contributed by atoms with Gasteiger partial charge < -0.3 is 5.32 Å². The predicted octanol–water partition coefficient (Wildman–Crippen LogP) is 6.73. The van der Waals surface area contributed by atoms with Gasteiger partial charge in [-0.1, -0.05) is 70.6 Å². The van der Waals surface area contributed by atoms with Crippen molar-refractivity contribution < 1.29 is 9.59 Å². The number of aromatic nitrogens is 1. The van der Waals surface area contributed by atoms with Crippen LogP contribution in [-0.4, -0.2) is 16.7 Å². The van der Waals surface area contributed by atoms with Crippen LogP contribution in [-0.2, 0) is 11.2 Å². The number of amides is 1. The largest absolute Gasteiger partial charge is 0.324 e. The van der Waals surface area contributed by atoms with Crippen LogP contribution >= 0.6 is 0 Å². The summed E-state index contributed by atoms with van der Waals surface area (Å²) in [7, 11) is 0. The topological polar surface area (TPSA) is 59.1 Å². The summed E-state index contributed by atoms with van der Waals surface area (Å²) in [6.07, 6.45) is 21.4. The van der Waals surface area contributed by atoms with Crippen molar-refractivity contribution in [2.45, 2.75) is 115 Å². The highest BCUT2D eigenvalue weighted by molar-refractivity contribution is 6.00. The summed E-state index contributed by atoms with van der Waals surface area (Å²) in [5.41, 5.74) is 3.97. The minimum Gasteiger partial charge on any atom is -0.324 e. The molecular formula is C26H38N2O2. The number of anilines is 1. The maximum atomic E-state index is 13.2. The summed E-state index contributed by atoms with van der Waals surface area (Å²) >= 11 is 0. The van der Waals surface area contributed by atoms with Crippen LogP contribution in [0.3, 0.4) is 0 Å². The Morgan fingerprint density at radius 2 is 1.37 bits per heavy atom. The molecule has 0 bridgehead atoms. The molecule has 1 aromatic rings. The smallest absolute Gasteiger partial charge is 0.227 e. The van der Waals surface area contributed by atoms with E-state index >= 15 is 0 Å². The molecule has 0 aliphatic heterocycles. The van der Waals surface area contributed by atoms with Gasteiger partial charge in [-0.25, -0.2) is 0 Å². The van der Waals surface area contributed by atoms with E-state index in [1.807, 2.05) is 0 Å². The van der Waals surface area contributed by atoms with Crippen molar-refractivity contribution in [3.63, 3.8) is 0 Å². The number of nitrogens with zero attached hydrogens (tertiary/aromatic N) is 1. The first-order valence-electron chi connectivity index (χ1n) is 12.6. The lowest BCUT2D eigenvalue weighted by molar-refractivity contribution is -0.120. The Hall–Kier alpha value is -1.71. The third-order valence-corrected chi connectivity index (χ3v) is 7.59. The number of pyridine rings is 1. The molecule has 0 aromatic carbocycles. The van der Waals surface area contributed by atoms with Crippen molar-refractivity contribution in [2.75, 3.05) is 5.32 Å². The maximum Gasteiger partial charge on any atom is 0.227 e. The molecule has 4 nitrogen and oxygen atoms in total. The molecule has 2 fully saturated rings. The zero-order valence-electron chi connectivity index (χ0n) is 18.5. The van der Waals surface area contributed by atoms with Crippen molar-refractivity contribution in [2.24, 2.45) is 5.92 Å². The molecule has 0 saturated heterocycles. The Morgan fingerprint density at radius 3 is 2.00 bits per heavy atom. The molecule has 1 heterocycles. The molecule has 0 spiro atoms.